The van der Waals surface area contributed by atoms with Crippen LogP contribution in [0.4, 0.5) is 0 Å². The molecule has 0 unspecified atom stereocenters. The van der Waals surface area contributed by atoms with E-state index in [-0.39, 0.29) is 5.91 Å². The Morgan fingerprint density at radius 2 is 2.00 bits per heavy atom. The number of benzene rings is 2. The molecule has 1 aliphatic rings. The van der Waals surface area contributed by atoms with Crippen molar-refractivity contribution in [1.29, 1.82) is 0 Å². The van der Waals surface area contributed by atoms with Crippen LogP contribution in [0.3, 0.4) is 0 Å². The molecule has 1 heterocycles. The topological polar surface area (TPSA) is 42.0 Å². The molecule has 1 aromatic heterocycles. The third-order valence-electron chi connectivity index (χ3n) is 4.33. The molecule has 0 aliphatic heterocycles. The summed E-state index contributed by atoms with van der Waals surface area (Å²) in [7, 11) is 0. The average molecular weight is 302 g/mol. The zero-order valence-corrected chi connectivity index (χ0v) is 13.0. The number of rotatable bonds is 3. The summed E-state index contributed by atoms with van der Waals surface area (Å²) in [5, 5.41) is 4.17. The Kier molecular flexibility index (Phi) is 3.34. The van der Waals surface area contributed by atoms with Crippen molar-refractivity contribution in [3.8, 4) is 11.1 Å². The van der Waals surface area contributed by atoms with Crippen molar-refractivity contribution >= 4 is 16.8 Å². The summed E-state index contributed by atoms with van der Waals surface area (Å²) < 4.78 is 0. The molecule has 1 amide bonds. The number of nitrogens with zero attached hydrogens (tertiary/aromatic N) is 1. The first-order valence-electron chi connectivity index (χ1n) is 7.97. The van der Waals surface area contributed by atoms with E-state index in [9.17, 15) is 4.79 Å². The quantitative estimate of drug-likeness (QED) is 0.791. The maximum Gasteiger partial charge on any atom is 0.251 e. The van der Waals surface area contributed by atoms with Crippen LogP contribution in [-0.4, -0.2) is 16.9 Å². The first-order chi connectivity index (χ1) is 11.2. The van der Waals surface area contributed by atoms with Gasteiger partial charge in [0.25, 0.3) is 5.91 Å². The lowest BCUT2D eigenvalue weighted by molar-refractivity contribution is 0.0951. The van der Waals surface area contributed by atoms with Gasteiger partial charge in [-0.1, -0.05) is 24.3 Å². The van der Waals surface area contributed by atoms with E-state index in [1.807, 2.05) is 24.3 Å². The second-order valence-electron chi connectivity index (χ2n) is 6.19. The zero-order valence-electron chi connectivity index (χ0n) is 13.0. The molecular formula is C20H18N2O. The molecule has 1 fully saturated rings. The highest BCUT2D eigenvalue weighted by molar-refractivity contribution is 5.96. The van der Waals surface area contributed by atoms with Gasteiger partial charge in [-0.15, -0.1) is 0 Å². The van der Waals surface area contributed by atoms with Crippen LogP contribution < -0.4 is 5.32 Å². The van der Waals surface area contributed by atoms with Gasteiger partial charge in [0.1, 0.15) is 0 Å². The van der Waals surface area contributed by atoms with Crippen molar-refractivity contribution in [3.05, 3.63) is 65.9 Å². The Morgan fingerprint density at radius 1 is 1.13 bits per heavy atom. The molecule has 1 saturated carbocycles. The van der Waals surface area contributed by atoms with Crippen molar-refractivity contribution in [2.24, 2.45) is 0 Å². The minimum atomic E-state index is 0.0210. The Balaban J connectivity index is 1.74. The lowest BCUT2D eigenvalue weighted by atomic mass is 9.97. The van der Waals surface area contributed by atoms with E-state index >= 15 is 0 Å². The van der Waals surface area contributed by atoms with Crippen molar-refractivity contribution in [3.63, 3.8) is 0 Å². The summed E-state index contributed by atoms with van der Waals surface area (Å²) in [6.07, 6.45) is 4.00. The lowest BCUT2D eigenvalue weighted by Gasteiger charge is -2.10. The molecule has 0 radical (unpaired) electrons. The fourth-order valence-electron chi connectivity index (χ4n) is 2.80. The molecule has 114 valence electrons. The van der Waals surface area contributed by atoms with Crippen LogP contribution in [0.1, 0.15) is 28.8 Å². The number of aryl methyl sites for hydroxylation is 1. The van der Waals surface area contributed by atoms with Crippen LogP contribution in [0, 0.1) is 6.92 Å². The maximum atomic E-state index is 12.3. The smallest absolute Gasteiger partial charge is 0.251 e. The number of aromatic nitrogens is 1. The average Bonchev–Trinajstić information content (AvgIpc) is 3.38. The first kappa shape index (κ1) is 13.9. The standard InChI is InChI=1S/C20H18N2O/c1-13-4-5-16(20(23)22-17-8-9-17)11-18(13)15-7-6-14-3-2-10-21-19(14)12-15/h2-7,10-12,17H,8-9H2,1H3,(H,22,23). The summed E-state index contributed by atoms with van der Waals surface area (Å²) in [4.78, 5) is 16.7. The minimum absolute atomic E-state index is 0.0210. The van der Waals surface area contributed by atoms with Crippen LogP contribution in [0.5, 0.6) is 0 Å². The molecule has 0 spiro atoms. The highest BCUT2D eigenvalue weighted by Gasteiger charge is 2.24. The molecule has 4 rings (SSSR count). The first-order valence-corrected chi connectivity index (χ1v) is 7.97. The number of hydrogen-bond acceptors (Lipinski definition) is 2. The molecule has 1 N–H and O–H groups in total. The molecule has 3 nitrogen and oxygen atoms in total. The van der Waals surface area contributed by atoms with Gasteiger partial charge in [-0.3, -0.25) is 9.78 Å². The van der Waals surface area contributed by atoms with Gasteiger partial charge in [0.2, 0.25) is 0 Å². The van der Waals surface area contributed by atoms with E-state index in [0.29, 0.717) is 6.04 Å². The number of pyridine rings is 1. The molecule has 2 aromatic carbocycles. The van der Waals surface area contributed by atoms with Gasteiger partial charge in [0, 0.05) is 23.2 Å². The monoisotopic (exact) mass is 302 g/mol. The maximum absolute atomic E-state index is 12.3. The van der Waals surface area contributed by atoms with Crippen LogP contribution in [0.2, 0.25) is 0 Å². The fourth-order valence-corrected chi connectivity index (χ4v) is 2.80. The van der Waals surface area contributed by atoms with E-state index in [1.54, 1.807) is 6.20 Å². The normalized spacial score (nSPS) is 14.0. The van der Waals surface area contributed by atoms with Crippen LogP contribution in [0.15, 0.2) is 54.7 Å². The molecule has 0 bridgehead atoms. The van der Waals surface area contributed by atoms with Crippen LogP contribution in [-0.2, 0) is 0 Å². The number of fused-ring (bicyclic) bond motifs is 1. The molecule has 0 saturated heterocycles. The van der Waals surface area contributed by atoms with Gasteiger partial charge >= 0.3 is 0 Å². The summed E-state index contributed by atoms with van der Waals surface area (Å²) >= 11 is 0. The van der Waals surface area contributed by atoms with E-state index < -0.39 is 0 Å². The fraction of sp³-hybridized carbons (Fsp3) is 0.200. The molecule has 3 heteroatoms. The summed E-state index contributed by atoms with van der Waals surface area (Å²) in [5.74, 6) is 0.0210. The van der Waals surface area contributed by atoms with Gasteiger partial charge in [-0.25, -0.2) is 0 Å². The Morgan fingerprint density at radius 3 is 2.83 bits per heavy atom. The van der Waals surface area contributed by atoms with E-state index in [2.05, 4.69) is 41.5 Å². The summed E-state index contributed by atoms with van der Waals surface area (Å²) in [6, 6.07) is 16.5. The van der Waals surface area contributed by atoms with E-state index in [1.165, 1.54) is 0 Å². The Labute approximate surface area is 135 Å². The molecular weight excluding hydrogens is 284 g/mol. The number of hydrogen-bond donors (Lipinski definition) is 1. The van der Waals surface area contributed by atoms with Crippen molar-refractivity contribution in [2.45, 2.75) is 25.8 Å². The third kappa shape index (κ3) is 2.82. The number of amides is 1. The number of carbonyl (C=O) groups excluding carboxylic acids is 1. The van der Waals surface area contributed by atoms with Gasteiger partial charge < -0.3 is 5.32 Å². The summed E-state index contributed by atoms with van der Waals surface area (Å²) in [5.41, 5.74) is 5.02. The highest BCUT2D eigenvalue weighted by Crippen LogP contribution is 2.28. The zero-order chi connectivity index (χ0) is 15.8. The summed E-state index contributed by atoms with van der Waals surface area (Å²) in [6.45, 7) is 2.07. The second-order valence-corrected chi connectivity index (χ2v) is 6.19. The molecule has 1 aliphatic carbocycles. The second kappa shape index (κ2) is 5.51. The predicted molar refractivity (Wildman–Crippen MR) is 92.4 cm³/mol. The molecule has 3 aromatic rings. The van der Waals surface area contributed by atoms with Gasteiger partial charge in [-0.05, 0) is 60.7 Å². The van der Waals surface area contributed by atoms with Crippen molar-refractivity contribution in [2.75, 3.05) is 0 Å². The largest absolute Gasteiger partial charge is 0.349 e. The van der Waals surface area contributed by atoms with E-state index in [4.69, 9.17) is 0 Å². The van der Waals surface area contributed by atoms with Crippen LogP contribution in [0.25, 0.3) is 22.0 Å². The van der Waals surface area contributed by atoms with Crippen molar-refractivity contribution in [1.82, 2.24) is 10.3 Å². The lowest BCUT2D eigenvalue weighted by Crippen LogP contribution is -2.25. The van der Waals surface area contributed by atoms with Gasteiger partial charge in [0.15, 0.2) is 0 Å². The Bertz CT molecular complexity index is 897. The molecule has 0 atom stereocenters. The molecule has 23 heavy (non-hydrogen) atoms. The highest BCUT2D eigenvalue weighted by atomic mass is 16.1. The van der Waals surface area contributed by atoms with Gasteiger partial charge in [0.05, 0.1) is 5.52 Å². The number of nitrogens with one attached hydrogen (secondary N) is 1. The SMILES string of the molecule is Cc1ccc(C(=O)NC2CC2)cc1-c1ccc2cccnc2c1. The minimum Gasteiger partial charge on any atom is -0.349 e. The number of carbonyl (C=O) groups is 1. The van der Waals surface area contributed by atoms with Crippen molar-refractivity contribution < 1.29 is 4.79 Å². The van der Waals surface area contributed by atoms with E-state index in [0.717, 1.165) is 46.0 Å². The predicted octanol–water partition coefficient (Wildman–Crippen LogP) is 4.10. The van der Waals surface area contributed by atoms with Crippen LogP contribution >= 0.6 is 0 Å². The Hall–Kier alpha value is -2.68. The van der Waals surface area contributed by atoms with Gasteiger partial charge in [-0.2, -0.15) is 0 Å². The third-order valence-corrected chi connectivity index (χ3v) is 4.33.